The highest BCUT2D eigenvalue weighted by molar-refractivity contribution is 5.78. The number of rotatable bonds is 6. The molecule has 0 aromatic carbocycles. The van der Waals surface area contributed by atoms with E-state index in [-0.39, 0.29) is 30.4 Å². The van der Waals surface area contributed by atoms with E-state index in [4.69, 9.17) is 10.5 Å². The minimum Gasteiger partial charge on any atom is -0.469 e. The van der Waals surface area contributed by atoms with Crippen LogP contribution in [0.3, 0.4) is 0 Å². The summed E-state index contributed by atoms with van der Waals surface area (Å²) < 4.78 is 4.79. The van der Waals surface area contributed by atoms with E-state index in [0.717, 1.165) is 32.1 Å². The number of hydrogen-bond acceptors (Lipinski definition) is 4. The Balaban J connectivity index is 1.89. The number of carbonyl (C=O) groups excluding carboxylic acids is 2. The van der Waals surface area contributed by atoms with Crippen molar-refractivity contribution in [1.29, 1.82) is 0 Å². The van der Waals surface area contributed by atoms with E-state index in [0.29, 0.717) is 18.3 Å². The Labute approximate surface area is 133 Å². The van der Waals surface area contributed by atoms with Gasteiger partial charge in [-0.05, 0) is 37.5 Å². The lowest BCUT2D eigenvalue weighted by Crippen LogP contribution is -2.44. The Bertz CT molecular complexity index is 380. The largest absolute Gasteiger partial charge is 0.469 e. The van der Waals surface area contributed by atoms with Crippen LogP contribution in [-0.2, 0) is 14.3 Å². The van der Waals surface area contributed by atoms with Gasteiger partial charge >= 0.3 is 5.97 Å². The van der Waals surface area contributed by atoms with Gasteiger partial charge in [0.2, 0.25) is 5.91 Å². The van der Waals surface area contributed by atoms with Crippen molar-refractivity contribution in [2.24, 2.45) is 17.6 Å². The number of nitrogens with one attached hydrogen (secondary N) is 1. The number of esters is 1. The van der Waals surface area contributed by atoms with Crippen molar-refractivity contribution >= 4 is 11.9 Å². The van der Waals surface area contributed by atoms with Gasteiger partial charge in [-0.15, -0.1) is 0 Å². The third kappa shape index (κ3) is 4.97. The minimum absolute atomic E-state index is 0.0434. The minimum atomic E-state index is -0.242. The molecule has 126 valence electrons. The van der Waals surface area contributed by atoms with Gasteiger partial charge in [-0.3, -0.25) is 9.59 Å². The first-order valence-corrected chi connectivity index (χ1v) is 8.72. The molecule has 1 amide bonds. The molecule has 0 aromatic rings. The monoisotopic (exact) mass is 310 g/mol. The molecule has 1 unspecified atom stereocenters. The van der Waals surface area contributed by atoms with Crippen LogP contribution >= 0.6 is 0 Å². The predicted octanol–water partition coefficient (Wildman–Crippen LogP) is 2.13. The second kappa shape index (κ2) is 8.51. The van der Waals surface area contributed by atoms with Gasteiger partial charge in [0.05, 0.1) is 13.5 Å². The fourth-order valence-electron chi connectivity index (χ4n) is 3.96. The lowest BCUT2D eigenvalue weighted by atomic mass is 9.82. The van der Waals surface area contributed by atoms with Crippen molar-refractivity contribution in [3.63, 3.8) is 0 Å². The van der Waals surface area contributed by atoms with Crippen molar-refractivity contribution in [2.75, 3.05) is 7.11 Å². The predicted molar refractivity (Wildman–Crippen MR) is 85.1 cm³/mol. The van der Waals surface area contributed by atoms with Crippen molar-refractivity contribution in [2.45, 2.75) is 76.3 Å². The maximum atomic E-state index is 12.3. The van der Waals surface area contributed by atoms with E-state index in [1.165, 1.54) is 26.4 Å². The average molecular weight is 310 g/mol. The second-order valence-corrected chi connectivity index (χ2v) is 6.91. The van der Waals surface area contributed by atoms with Gasteiger partial charge in [-0.2, -0.15) is 0 Å². The zero-order valence-electron chi connectivity index (χ0n) is 13.7. The molecular weight excluding hydrogens is 280 g/mol. The summed E-state index contributed by atoms with van der Waals surface area (Å²) >= 11 is 0. The Morgan fingerprint density at radius 1 is 1.14 bits per heavy atom. The highest BCUT2D eigenvalue weighted by atomic mass is 16.5. The molecule has 0 heterocycles. The van der Waals surface area contributed by atoms with Crippen LogP contribution in [0.5, 0.6) is 0 Å². The lowest BCUT2D eigenvalue weighted by Gasteiger charge is -2.30. The van der Waals surface area contributed by atoms with E-state index in [2.05, 4.69) is 5.32 Å². The number of nitrogens with two attached hydrogens (primary N) is 1. The topological polar surface area (TPSA) is 81.4 Å². The van der Waals surface area contributed by atoms with Crippen LogP contribution in [0.4, 0.5) is 0 Å². The molecule has 2 rings (SSSR count). The van der Waals surface area contributed by atoms with Crippen LogP contribution in [0.15, 0.2) is 0 Å². The lowest BCUT2D eigenvalue weighted by molar-refractivity contribution is -0.141. The third-order valence-electron chi connectivity index (χ3n) is 5.34. The molecule has 3 atom stereocenters. The highest BCUT2D eigenvalue weighted by Crippen LogP contribution is 2.29. The quantitative estimate of drug-likeness (QED) is 0.736. The molecule has 2 saturated carbocycles. The van der Waals surface area contributed by atoms with Crippen LogP contribution in [0.25, 0.3) is 0 Å². The van der Waals surface area contributed by atoms with Crippen LogP contribution in [0.2, 0.25) is 0 Å². The molecule has 0 radical (unpaired) electrons. The molecule has 2 fully saturated rings. The number of hydrogen-bond donors (Lipinski definition) is 2. The summed E-state index contributed by atoms with van der Waals surface area (Å²) in [6.07, 6.45) is 9.76. The van der Waals surface area contributed by atoms with Gasteiger partial charge in [-0.1, -0.05) is 25.7 Å². The average Bonchev–Trinajstić information content (AvgIpc) is 2.92. The highest BCUT2D eigenvalue weighted by Gasteiger charge is 2.30. The number of amides is 1. The van der Waals surface area contributed by atoms with Crippen LogP contribution in [-0.4, -0.2) is 31.1 Å². The molecule has 3 N–H and O–H groups in total. The molecule has 0 aromatic heterocycles. The smallest absolute Gasteiger partial charge is 0.307 e. The molecule has 5 nitrogen and oxygen atoms in total. The zero-order valence-corrected chi connectivity index (χ0v) is 13.7. The second-order valence-electron chi connectivity index (χ2n) is 6.91. The third-order valence-corrected chi connectivity index (χ3v) is 5.34. The first-order chi connectivity index (χ1) is 10.6. The fourth-order valence-corrected chi connectivity index (χ4v) is 3.96. The van der Waals surface area contributed by atoms with Crippen LogP contribution in [0, 0.1) is 11.8 Å². The molecule has 2 aliphatic carbocycles. The van der Waals surface area contributed by atoms with Gasteiger partial charge in [0.15, 0.2) is 0 Å². The number of ether oxygens (including phenoxy) is 1. The summed E-state index contributed by atoms with van der Waals surface area (Å²) in [7, 11) is 1.40. The summed E-state index contributed by atoms with van der Waals surface area (Å²) in [4.78, 5) is 24.0. The van der Waals surface area contributed by atoms with Crippen molar-refractivity contribution in [1.82, 2.24) is 5.32 Å². The van der Waals surface area contributed by atoms with Gasteiger partial charge < -0.3 is 15.8 Å². The summed E-state index contributed by atoms with van der Waals surface area (Å²) in [6.45, 7) is 0. The first-order valence-electron chi connectivity index (χ1n) is 8.72. The van der Waals surface area contributed by atoms with Crippen molar-refractivity contribution in [3.8, 4) is 0 Å². The maximum Gasteiger partial charge on any atom is 0.307 e. The Morgan fingerprint density at radius 3 is 2.45 bits per heavy atom. The molecule has 22 heavy (non-hydrogen) atoms. The van der Waals surface area contributed by atoms with Crippen molar-refractivity contribution in [3.05, 3.63) is 0 Å². The van der Waals surface area contributed by atoms with E-state index in [1.807, 2.05) is 0 Å². The molecule has 0 bridgehead atoms. The summed E-state index contributed by atoms with van der Waals surface area (Å²) in [6, 6.07) is 0.0670. The van der Waals surface area contributed by atoms with Gasteiger partial charge in [0.1, 0.15) is 0 Å². The Morgan fingerprint density at radius 2 is 1.86 bits per heavy atom. The summed E-state index contributed by atoms with van der Waals surface area (Å²) in [5.41, 5.74) is 6.05. The first kappa shape index (κ1) is 17.3. The Hall–Kier alpha value is -1.10. The van der Waals surface area contributed by atoms with Crippen LogP contribution in [0.1, 0.15) is 64.2 Å². The Kier molecular flexibility index (Phi) is 6.68. The molecular formula is C17H30N2O3. The fraction of sp³-hybridized carbons (Fsp3) is 0.882. The molecule has 5 heteroatoms. The number of methoxy groups -OCH3 is 1. The van der Waals surface area contributed by atoms with Gasteiger partial charge in [0, 0.05) is 18.5 Å². The van der Waals surface area contributed by atoms with Crippen LogP contribution < -0.4 is 11.1 Å². The molecule has 0 saturated heterocycles. The van der Waals surface area contributed by atoms with Gasteiger partial charge in [-0.25, -0.2) is 0 Å². The van der Waals surface area contributed by atoms with E-state index in [1.54, 1.807) is 0 Å². The van der Waals surface area contributed by atoms with E-state index < -0.39 is 0 Å². The van der Waals surface area contributed by atoms with Gasteiger partial charge in [0.25, 0.3) is 0 Å². The zero-order chi connectivity index (χ0) is 15.9. The summed E-state index contributed by atoms with van der Waals surface area (Å²) in [5, 5.41) is 3.10. The van der Waals surface area contributed by atoms with E-state index >= 15 is 0 Å². The molecule has 0 aliphatic heterocycles. The van der Waals surface area contributed by atoms with E-state index in [9.17, 15) is 9.59 Å². The molecule has 2 aliphatic rings. The van der Waals surface area contributed by atoms with Crippen molar-refractivity contribution < 1.29 is 14.3 Å². The maximum absolute atomic E-state index is 12.3. The SMILES string of the molecule is COC(=O)CC(NC(=O)C[C@@H]1CCC[C@H]1N)C1CCCCC1. The standard InChI is InChI=1S/C17H30N2O3/c1-22-17(21)11-15(12-6-3-2-4-7-12)19-16(20)10-13-8-5-9-14(13)18/h12-15H,2-11,18H2,1H3,(H,19,20)/t13-,14+,15?/m0/s1. The number of carbonyl (C=O) groups is 2. The summed E-state index contributed by atoms with van der Waals surface area (Å²) in [5.74, 6) is 0.495. The molecule has 0 spiro atoms. The normalized spacial score (nSPS) is 27.4.